The van der Waals surface area contributed by atoms with Crippen molar-refractivity contribution in [3.8, 4) is 0 Å². The van der Waals surface area contributed by atoms with Crippen molar-refractivity contribution in [1.29, 1.82) is 0 Å². The monoisotopic (exact) mass is 216 g/mol. The normalized spacial score (nSPS) is 10.0. The van der Waals surface area contributed by atoms with E-state index in [1.165, 1.54) is 0 Å². The van der Waals surface area contributed by atoms with Gasteiger partial charge in [0.15, 0.2) is 5.82 Å². The van der Waals surface area contributed by atoms with Crippen molar-refractivity contribution >= 4 is 17.5 Å². The van der Waals surface area contributed by atoms with Crippen LogP contribution in [0.15, 0.2) is 30.7 Å². The van der Waals surface area contributed by atoms with E-state index in [0.29, 0.717) is 18.1 Å². The Morgan fingerprint density at radius 2 is 1.94 bits per heavy atom. The molecular formula is C10H12N6. The van der Waals surface area contributed by atoms with Gasteiger partial charge in [-0.25, -0.2) is 4.98 Å². The highest BCUT2D eigenvalue weighted by Gasteiger charge is 2.01. The minimum atomic E-state index is 0.173. The molecule has 0 saturated heterocycles. The van der Waals surface area contributed by atoms with Crippen molar-refractivity contribution in [2.75, 3.05) is 16.8 Å². The molecule has 0 amide bonds. The van der Waals surface area contributed by atoms with Gasteiger partial charge >= 0.3 is 0 Å². The molecule has 0 unspecified atom stereocenters. The van der Waals surface area contributed by atoms with E-state index in [-0.39, 0.29) is 5.95 Å². The molecule has 2 aromatic rings. The van der Waals surface area contributed by atoms with Gasteiger partial charge in [0.05, 0.1) is 11.9 Å². The van der Waals surface area contributed by atoms with Gasteiger partial charge in [-0.05, 0) is 17.7 Å². The molecule has 0 aliphatic rings. The van der Waals surface area contributed by atoms with Crippen molar-refractivity contribution in [2.24, 2.45) is 0 Å². The van der Waals surface area contributed by atoms with E-state index in [2.05, 4.69) is 20.3 Å². The Kier molecular flexibility index (Phi) is 2.81. The van der Waals surface area contributed by atoms with E-state index in [4.69, 9.17) is 11.5 Å². The van der Waals surface area contributed by atoms with Gasteiger partial charge in [0.25, 0.3) is 0 Å². The number of hydrogen-bond acceptors (Lipinski definition) is 6. The molecule has 2 rings (SSSR count). The second-order valence-corrected chi connectivity index (χ2v) is 3.24. The first-order valence-corrected chi connectivity index (χ1v) is 4.76. The maximum atomic E-state index is 5.68. The third kappa shape index (κ3) is 2.35. The number of aromatic nitrogens is 3. The minimum Gasteiger partial charge on any atom is -0.382 e. The van der Waals surface area contributed by atoms with Crippen LogP contribution in [0.3, 0.4) is 0 Å². The van der Waals surface area contributed by atoms with E-state index in [1.807, 2.05) is 12.1 Å². The van der Waals surface area contributed by atoms with Crippen LogP contribution < -0.4 is 16.8 Å². The molecule has 0 aromatic carbocycles. The Morgan fingerprint density at radius 3 is 2.62 bits per heavy atom. The number of nitrogens with one attached hydrogen (secondary N) is 1. The first kappa shape index (κ1) is 10.2. The summed E-state index contributed by atoms with van der Waals surface area (Å²) in [5.74, 6) is 0.522. The van der Waals surface area contributed by atoms with Crippen molar-refractivity contribution in [3.05, 3.63) is 36.3 Å². The number of anilines is 3. The van der Waals surface area contributed by atoms with Gasteiger partial charge in [0.2, 0.25) is 5.95 Å². The Hall–Kier alpha value is -2.37. The number of pyridine rings is 1. The summed E-state index contributed by atoms with van der Waals surface area (Å²) in [7, 11) is 0. The molecule has 2 aromatic heterocycles. The molecule has 6 heteroatoms. The molecular weight excluding hydrogens is 204 g/mol. The molecule has 5 N–H and O–H groups in total. The van der Waals surface area contributed by atoms with Crippen LogP contribution >= 0.6 is 0 Å². The maximum Gasteiger partial charge on any atom is 0.222 e. The smallest absolute Gasteiger partial charge is 0.222 e. The molecule has 2 heterocycles. The lowest BCUT2D eigenvalue weighted by Gasteiger charge is -2.07. The third-order valence-corrected chi connectivity index (χ3v) is 2.07. The van der Waals surface area contributed by atoms with Gasteiger partial charge in [-0.3, -0.25) is 4.98 Å². The highest BCUT2D eigenvalue weighted by molar-refractivity contribution is 5.61. The van der Waals surface area contributed by atoms with E-state index >= 15 is 0 Å². The van der Waals surface area contributed by atoms with E-state index in [0.717, 1.165) is 5.56 Å². The van der Waals surface area contributed by atoms with Crippen LogP contribution in [-0.4, -0.2) is 15.0 Å². The minimum absolute atomic E-state index is 0.173. The molecule has 0 aliphatic heterocycles. The summed E-state index contributed by atoms with van der Waals surface area (Å²) in [5, 5.41) is 3.12. The molecule has 0 atom stereocenters. The molecule has 0 bridgehead atoms. The van der Waals surface area contributed by atoms with Crippen LogP contribution in [0.5, 0.6) is 0 Å². The average Bonchev–Trinajstić information content (AvgIpc) is 2.29. The Bertz CT molecular complexity index is 470. The van der Waals surface area contributed by atoms with Crippen molar-refractivity contribution in [1.82, 2.24) is 15.0 Å². The topological polar surface area (TPSA) is 103 Å². The number of nitrogens with two attached hydrogens (primary N) is 2. The van der Waals surface area contributed by atoms with E-state index < -0.39 is 0 Å². The summed E-state index contributed by atoms with van der Waals surface area (Å²) in [6.45, 7) is 0.639. The number of hydrogen-bond donors (Lipinski definition) is 3. The predicted molar refractivity (Wildman–Crippen MR) is 62.4 cm³/mol. The third-order valence-electron chi connectivity index (χ3n) is 2.07. The van der Waals surface area contributed by atoms with Gasteiger partial charge in [0, 0.05) is 18.9 Å². The van der Waals surface area contributed by atoms with Crippen molar-refractivity contribution < 1.29 is 0 Å². The summed E-state index contributed by atoms with van der Waals surface area (Å²) < 4.78 is 0. The zero-order chi connectivity index (χ0) is 11.4. The van der Waals surface area contributed by atoms with Gasteiger partial charge < -0.3 is 16.8 Å². The van der Waals surface area contributed by atoms with Crippen LogP contribution in [0.1, 0.15) is 5.56 Å². The van der Waals surface area contributed by atoms with Crippen LogP contribution in [0, 0.1) is 0 Å². The predicted octanol–water partition coefficient (Wildman–Crippen LogP) is 0.648. The Morgan fingerprint density at radius 1 is 1.19 bits per heavy atom. The SMILES string of the molecule is Nc1ncc(NCc2ccncc2)c(N)n1. The molecule has 16 heavy (non-hydrogen) atoms. The maximum absolute atomic E-state index is 5.68. The fraction of sp³-hybridized carbons (Fsp3) is 0.100. The highest BCUT2D eigenvalue weighted by Crippen LogP contribution is 2.15. The standard InChI is InChI=1S/C10H12N6/c11-9-8(6-15-10(12)16-9)14-5-7-1-3-13-4-2-7/h1-4,6,14H,5H2,(H4,11,12,15,16). The fourth-order valence-corrected chi connectivity index (χ4v) is 1.24. The van der Waals surface area contributed by atoms with Crippen LogP contribution in [0.25, 0.3) is 0 Å². The molecule has 0 fully saturated rings. The lowest BCUT2D eigenvalue weighted by molar-refractivity contribution is 1.10. The zero-order valence-corrected chi connectivity index (χ0v) is 8.59. The van der Waals surface area contributed by atoms with Gasteiger partial charge in [-0.1, -0.05) is 0 Å². The lowest BCUT2D eigenvalue weighted by Crippen LogP contribution is -2.06. The summed E-state index contributed by atoms with van der Waals surface area (Å²) in [6, 6.07) is 3.84. The summed E-state index contributed by atoms with van der Waals surface area (Å²) in [6.07, 6.45) is 5.04. The Balaban J connectivity index is 2.05. The molecule has 0 aliphatic carbocycles. The highest BCUT2D eigenvalue weighted by atomic mass is 15.1. The van der Waals surface area contributed by atoms with Gasteiger partial charge in [-0.15, -0.1) is 0 Å². The zero-order valence-electron chi connectivity index (χ0n) is 8.59. The van der Waals surface area contributed by atoms with Crippen LogP contribution in [0.4, 0.5) is 17.5 Å². The van der Waals surface area contributed by atoms with E-state index in [1.54, 1.807) is 18.6 Å². The average molecular weight is 216 g/mol. The molecule has 0 spiro atoms. The summed E-state index contributed by atoms with van der Waals surface area (Å²) in [5.41, 5.74) is 12.9. The molecule has 82 valence electrons. The van der Waals surface area contributed by atoms with Crippen molar-refractivity contribution in [2.45, 2.75) is 6.54 Å². The molecule has 0 saturated carbocycles. The van der Waals surface area contributed by atoms with Crippen molar-refractivity contribution in [3.63, 3.8) is 0 Å². The second-order valence-electron chi connectivity index (χ2n) is 3.24. The largest absolute Gasteiger partial charge is 0.382 e. The van der Waals surface area contributed by atoms with Crippen LogP contribution in [0.2, 0.25) is 0 Å². The van der Waals surface area contributed by atoms with Crippen LogP contribution in [-0.2, 0) is 6.54 Å². The summed E-state index contributed by atoms with van der Waals surface area (Å²) in [4.78, 5) is 11.7. The fourth-order valence-electron chi connectivity index (χ4n) is 1.24. The molecule has 6 nitrogen and oxygen atoms in total. The second kappa shape index (κ2) is 4.43. The quantitative estimate of drug-likeness (QED) is 0.696. The number of nitrogen functional groups attached to an aromatic ring is 2. The van der Waals surface area contributed by atoms with Gasteiger partial charge in [-0.2, -0.15) is 4.98 Å². The number of rotatable bonds is 3. The Labute approximate surface area is 92.7 Å². The summed E-state index contributed by atoms with van der Waals surface area (Å²) >= 11 is 0. The van der Waals surface area contributed by atoms with E-state index in [9.17, 15) is 0 Å². The first-order chi connectivity index (χ1) is 7.75. The lowest BCUT2D eigenvalue weighted by atomic mass is 10.2. The molecule has 0 radical (unpaired) electrons. The van der Waals surface area contributed by atoms with Gasteiger partial charge in [0.1, 0.15) is 0 Å². The number of nitrogens with zero attached hydrogens (tertiary/aromatic N) is 3. The first-order valence-electron chi connectivity index (χ1n) is 4.76.